The molecular weight excluding hydrogens is 290 g/mol. The summed E-state index contributed by atoms with van der Waals surface area (Å²) < 4.78 is 10.8. The first-order valence-electron chi connectivity index (χ1n) is 8.01. The van der Waals surface area contributed by atoms with Crippen molar-refractivity contribution in [3.63, 3.8) is 0 Å². The molecule has 2 aromatic rings. The topological polar surface area (TPSA) is 42.7 Å². The van der Waals surface area contributed by atoms with Gasteiger partial charge in [-0.3, -0.25) is 4.79 Å². The summed E-state index contributed by atoms with van der Waals surface area (Å²) in [4.78, 5) is 15.1. The molecule has 0 radical (unpaired) electrons. The number of hydrogen-bond donors (Lipinski definition) is 0. The number of ether oxygens (including phenoxy) is 1. The van der Waals surface area contributed by atoms with Gasteiger partial charge in [0.15, 0.2) is 0 Å². The minimum Gasteiger partial charge on any atom is -0.497 e. The van der Waals surface area contributed by atoms with Crippen molar-refractivity contribution in [1.82, 2.24) is 4.90 Å². The van der Waals surface area contributed by atoms with Crippen molar-refractivity contribution in [3.05, 3.63) is 53.5 Å². The van der Waals surface area contributed by atoms with Crippen molar-refractivity contribution < 1.29 is 13.9 Å². The van der Waals surface area contributed by atoms with Crippen LogP contribution in [0, 0.1) is 0 Å². The van der Waals surface area contributed by atoms with Crippen LogP contribution in [0.25, 0.3) is 0 Å². The Labute approximate surface area is 137 Å². The van der Waals surface area contributed by atoms with Gasteiger partial charge in [0.2, 0.25) is 5.91 Å². The summed E-state index contributed by atoms with van der Waals surface area (Å²) in [5, 5.41) is 0. The zero-order chi connectivity index (χ0) is 16.4. The molecule has 0 bridgehead atoms. The van der Waals surface area contributed by atoms with Crippen LogP contribution in [0.15, 0.2) is 41.0 Å². The summed E-state index contributed by atoms with van der Waals surface area (Å²) in [5.41, 5.74) is 1.50. The maximum atomic E-state index is 13.2. The first kappa shape index (κ1) is 15.7. The van der Waals surface area contributed by atoms with Gasteiger partial charge in [-0.2, -0.15) is 0 Å². The van der Waals surface area contributed by atoms with Crippen molar-refractivity contribution in [2.24, 2.45) is 0 Å². The van der Waals surface area contributed by atoms with E-state index in [1.165, 1.54) is 0 Å². The smallest absolute Gasteiger partial charge is 0.232 e. The van der Waals surface area contributed by atoms with E-state index in [1.807, 2.05) is 49.1 Å². The summed E-state index contributed by atoms with van der Waals surface area (Å²) in [6, 6.07) is 9.73. The van der Waals surface area contributed by atoms with Gasteiger partial charge in [0.25, 0.3) is 0 Å². The first-order valence-corrected chi connectivity index (χ1v) is 8.01. The van der Waals surface area contributed by atoms with Crippen molar-refractivity contribution in [1.29, 1.82) is 0 Å². The van der Waals surface area contributed by atoms with Gasteiger partial charge >= 0.3 is 0 Å². The molecule has 0 N–H and O–H groups in total. The van der Waals surface area contributed by atoms with Gasteiger partial charge in [0.1, 0.15) is 11.5 Å². The van der Waals surface area contributed by atoms with Crippen LogP contribution in [0.3, 0.4) is 0 Å². The fourth-order valence-electron chi connectivity index (χ4n) is 3.15. The monoisotopic (exact) mass is 313 g/mol. The zero-order valence-electron chi connectivity index (χ0n) is 14.0. The van der Waals surface area contributed by atoms with Crippen LogP contribution < -0.4 is 4.74 Å². The fraction of sp³-hybridized carbons (Fsp3) is 0.421. The Morgan fingerprint density at radius 2 is 2.13 bits per heavy atom. The molecule has 1 aliphatic heterocycles. The number of amides is 1. The van der Waals surface area contributed by atoms with E-state index in [2.05, 4.69) is 0 Å². The molecule has 1 aromatic carbocycles. The number of hydrogen-bond acceptors (Lipinski definition) is 3. The van der Waals surface area contributed by atoms with Crippen LogP contribution in [0.1, 0.15) is 37.2 Å². The highest BCUT2D eigenvalue weighted by atomic mass is 16.5. The fourth-order valence-corrected chi connectivity index (χ4v) is 3.15. The number of carbonyl (C=O) groups excluding carboxylic acids is 1. The largest absolute Gasteiger partial charge is 0.497 e. The summed E-state index contributed by atoms with van der Waals surface area (Å²) in [5.74, 6) is 1.93. The molecule has 1 aliphatic rings. The molecule has 2 heterocycles. The number of aryl methyl sites for hydroxylation is 1. The maximum Gasteiger partial charge on any atom is 0.232 e. The Morgan fingerprint density at radius 3 is 2.91 bits per heavy atom. The molecule has 0 saturated heterocycles. The van der Waals surface area contributed by atoms with Crippen molar-refractivity contribution in [3.8, 4) is 5.75 Å². The van der Waals surface area contributed by atoms with Gasteiger partial charge in [-0.15, -0.1) is 0 Å². The Balaban J connectivity index is 1.86. The van der Waals surface area contributed by atoms with E-state index >= 15 is 0 Å². The van der Waals surface area contributed by atoms with Gasteiger partial charge < -0.3 is 14.1 Å². The highest BCUT2D eigenvalue weighted by Crippen LogP contribution is 2.30. The summed E-state index contributed by atoms with van der Waals surface area (Å²) in [6.45, 7) is 5.34. The predicted octanol–water partition coefficient (Wildman–Crippen LogP) is 3.54. The number of fused-ring (bicyclic) bond motifs is 1. The Morgan fingerprint density at radius 1 is 1.30 bits per heavy atom. The van der Waals surface area contributed by atoms with E-state index in [0.717, 1.165) is 42.0 Å². The molecule has 4 nitrogen and oxygen atoms in total. The lowest BCUT2D eigenvalue weighted by Gasteiger charge is -2.31. The second-order valence-electron chi connectivity index (χ2n) is 6.56. The minimum atomic E-state index is -0.594. The molecule has 4 heteroatoms. The van der Waals surface area contributed by atoms with Crippen molar-refractivity contribution in [2.75, 3.05) is 13.7 Å². The van der Waals surface area contributed by atoms with Crippen molar-refractivity contribution in [2.45, 2.75) is 38.6 Å². The third-order valence-electron chi connectivity index (χ3n) is 4.64. The predicted molar refractivity (Wildman–Crippen MR) is 88.5 cm³/mol. The second-order valence-corrected chi connectivity index (χ2v) is 6.56. The molecule has 0 aliphatic carbocycles. The number of carbonyl (C=O) groups is 1. The van der Waals surface area contributed by atoms with Crippen LogP contribution >= 0.6 is 0 Å². The van der Waals surface area contributed by atoms with Crippen LogP contribution in [-0.2, 0) is 23.2 Å². The Hall–Kier alpha value is -2.23. The van der Waals surface area contributed by atoms with Crippen LogP contribution in [0.2, 0.25) is 0 Å². The molecule has 23 heavy (non-hydrogen) atoms. The zero-order valence-corrected chi connectivity index (χ0v) is 14.0. The lowest BCUT2D eigenvalue weighted by Crippen LogP contribution is -2.43. The number of furan rings is 1. The van der Waals surface area contributed by atoms with Gasteiger partial charge in [0, 0.05) is 25.1 Å². The van der Waals surface area contributed by atoms with E-state index in [9.17, 15) is 4.79 Å². The Bertz CT molecular complexity index is 702. The van der Waals surface area contributed by atoms with Gasteiger partial charge in [-0.05, 0) is 44.0 Å². The third kappa shape index (κ3) is 2.98. The number of rotatable bonds is 3. The van der Waals surface area contributed by atoms with Crippen LogP contribution in [-0.4, -0.2) is 24.5 Å². The van der Waals surface area contributed by atoms with Crippen LogP contribution in [0.4, 0.5) is 0 Å². The Kier molecular flexibility index (Phi) is 4.16. The number of nitrogens with zero attached hydrogens (tertiary/aromatic N) is 1. The average Bonchev–Trinajstić information content (AvgIpc) is 2.91. The maximum absolute atomic E-state index is 13.2. The lowest BCUT2D eigenvalue weighted by atomic mass is 9.83. The SMILES string of the molecule is COc1cccc(C(C)(C)C(=O)N2CCCc3occc3C2)c1. The first-order chi connectivity index (χ1) is 11.0. The van der Waals surface area contributed by atoms with Crippen molar-refractivity contribution >= 4 is 5.91 Å². The molecule has 1 amide bonds. The van der Waals surface area contributed by atoms with E-state index in [-0.39, 0.29) is 5.91 Å². The van der Waals surface area contributed by atoms with Gasteiger partial charge in [0.05, 0.1) is 18.8 Å². The molecule has 0 unspecified atom stereocenters. The molecular formula is C19H23NO3. The average molecular weight is 313 g/mol. The van der Waals surface area contributed by atoms with Gasteiger partial charge in [-0.25, -0.2) is 0 Å². The normalized spacial score (nSPS) is 15.0. The summed E-state index contributed by atoms with van der Waals surface area (Å²) in [7, 11) is 1.64. The molecule has 3 rings (SSSR count). The van der Waals surface area contributed by atoms with E-state index in [4.69, 9.17) is 9.15 Å². The third-order valence-corrected chi connectivity index (χ3v) is 4.64. The highest BCUT2D eigenvalue weighted by molar-refractivity contribution is 5.87. The second kappa shape index (κ2) is 6.11. The number of methoxy groups -OCH3 is 1. The standard InChI is InChI=1S/C19H23NO3/c1-19(2,15-6-4-7-16(12-15)22-3)18(21)20-10-5-8-17-14(13-20)9-11-23-17/h4,6-7,9,11-12H,5,8,10,13H2,1-3H3. The molecule has 1 aromatic heterocycles. The van der Waals surface area contributed by atoms with Crippen LogP contribution in [0.5, 0.6) is 5.75 Å². The highest BCUT2D eigenvalue weighted by Gasteiger charge is 2.35. The number of benzene rings is 1. The summed E-state index contributed by atoms with van der Waals surface area (Å²) in [6.07, 6.45) is 3.54. The minimum absolute atomic E-state index is 0.139. The van der Waals surface area contributed by atoms with E-state index < -0.39 is 5.41 Å². The quantitative estimate of drug-likeness (QED) is 0.870. The van der Waals surface area contributed by atoms with E-state index in [0.29, 0.717) is 6.54 Å². The van der Waals surface area contributed by atoms with Gasteiger partial charge in [-0.1, -0.05) is 12.1 Å². The molecule has 0 fully saturated rings. The molecule has 0 spiro atoms. The van der Waals surface area contributed by atoms with E-state index in [1.54, 1.807) is 13.4 Å². The lowest BCUT2D eigenvalue weighted by molar-refractivity contribution is -0.136. The molecule has 0 atom stereocenters. The molecule has 0 saturated carbocycles. The molecule has 122 valence electrons. The summed E-state index contributed by atoms with van der Waals surface area (Å²) >= 11 is 0.